The van der Waals surface area contributed by atoms with Crippen LogP contribution >= 0.6 is 12.4 Å². The largest absolute Gasteiger partial charge is 0.324 e. The second kappa shape index (κ2) is 5.94. The molecule has 0 spiro atoms. The highest BCUT2D eigenvalue weighted by Crippen LogP contribution is 2.22. The van der Waals surface area contributed by atoms with E-state index < -0.39 is 0 Å². The summed E-state index contributed by atoms with van der Waals surface area (Å²) in [6.07, 6.45) is 0.865. The fourth-order valence-corrected chi connectivity index (χ4v) is 1.66. The number of hydrogen-bond acceptors (Lipinski definition) is 1. The number of benzene rings is 1. The summed E-state index contributed by atoms with van der Waals surface area (Å²) in [6, 6.07) is 6.38. The molecule has 0 saturated carbocycles. The Morgan fingerprint density at radius 1 is 1.40 bits per heavy atom. The van der Waals surface area contributed by atoms with E-state index in [2.05, 4.69) is 38.6 Å². The highest BCUT2D eigenvalue weighted by atomic mass is 35.5. The van der Waals surface area contributed by atoms with Gasteiger partial charge in [-0.25, -0.2) is 0 Å². The van der Waals surface area contributed by atoms with Crippen molar-refractivity contribution in [2.24, 2.45) is 5.73 Å². The molecule has 84 valence electrons. The van der Waals surface area contributed by atoms with Gasteiger partial charge in [0.15, 0.2) is 0 Å². The predicted molar refractivity (Wildman–Crippen MR) is 69.5 cm³/mol. The van der Waals surface area contributed by atoms with Gasteiger partial charge in [0.25, 0.3) is 0 Å². The zero-order chi connectivity index (χ0) is 10.7. The van der Waals surface area contributed by atoms with Gasteiger partial charge in [0, 0.05) is 6.04 Å². The molecule has 0 saturated heterocycles. The molecule has 0 fully saturated rings. The molecule has 0 heterocycles. The van der Waals surface area contributed by atoms with E-state index >= 15 is 0 Å². The summed E-state index contributed by atoms with van der Waals surface area (Å²) in [5.74, 6) is 0. The Bertz CT molecular complexity index is 344. The number of nitrogens with two attached hydrogens (primary N) is 1. The minimum atomic E-state index is 0. The maximum Gasteiger partial charge on any atom is 0.0335 e. The van der Waals surface area contributed by atoms with Crippen molar-refractivity contribution in [1.82, 2.24) is 0 Å². The zero-order valence-corrected chi connectivity index (χ0v) is 10.5. The average Bonchev–Trinajstić information content (AvgIpc) is 2.08. The molecular formula is C13H20ClN. The Morgan fingerprint density at radius 3 is 2.53 bits per heavy atom. The standard InChI is InChI=1S/C13H19N.ClH/c1-9(2)8-13(14)12-7-5-6-10(3)11(12)4;/h5-7,13H,1,8,14H2,2-4H3;1H/t13-;/m0./s1. The van der Waals surface area contributed by atoms with E-state index in [1.54, 1.807) is 0 Å². The van der Waals surface area contributed by atoms with Crippen molar-refractivity contribution in [2.75, 3.05) is 0 Å². The normalized spacial score (nSPS) is 11.7. The van der Waals surface area contributed by atoms with E-state index in [-0.39, 0.29) is 18.4 Å². The second-order valence-electron chi connectivity index (χ2n) is 4.06. The molecule has 0 radical (unpaired) electrons. The molecule has 2 N–H and O–H groups in total. The lowest BCUT2D eigenvalue weighted by Crippen LogP contribution is -2.12. The minimum Gasteiger partial charge on any atom is -0.324 e. The molecule has 2 heteroatoms. The highest BCUT2D eigenvalue weighted by Gasteiger charge is 2.09. The smallest absolute Gasteiger partial charge is 0.0335 e. The van der Waals surface area contributed by atoms with Crippen LogP contribution < -0.4 is 5.73 Å². The molecule has 1 atom stereocenters. The van der Waals surface area contributed by atoms with E-state index in [0.717, 1.165) is 12.0 Å². The van der Waals surface area contributed by atoms with Gasteiger partial charge in [0.2, 0.25) is 0 Å². The molecule has 0 aliphatic carbocycles. The van der Waals surface area contributed by atoms with Gasteiger partial charge in [-0.05, 0) is 43.9 Å². The van der Waals surface area contributed by atoms with Crippen LogP contribution in [0, 0.1) is 13.8 Å². The lowest BCUT2D eigenvalue weighted by atomic mass is 9.94. The molecule has 0 unspecified atom stereocenters. The van der Waals surface area contributed by atoms with Crippen molar-refractivity contribution >= 4 is 12.4 Å². The van der Waals surface area contributed by atoms with E-state index in [1.807, 2.05) is 6.92 Å². The third-order valence-electron chi connectivity index (χ3n) is 2.61. The average molecular weight is 226 g/mol. The molecule has 1 rings (SSSR count). The molecule has 1 aromatic rings. The van der Waals surface area contributed by atoms with Crippen LogP contribution in [0.25, 0.3) is 0 Å². The van der Waals surface area contributed by atoms with Crippen LogP contribution in [0.1, 0.15) is 36.1 Å². The van der Waals surface area contributed by atoms with Crippen molar-refractivity contribution in [3.05, 3.63) is 47.0 Å². The third kappa shape index (κ3) is 3.69. The first-order chi connectivity index (χ1) is 6.52. The predicted octanol–water partition coefficient (Wildman–Crippen LogP) is 3.69. The lowest BCUT2D eigenvalue weighted by molar-refractivity contribution is 0.711. The van der Waals surface area contributed by atoms with Gasteiger partial charge in [-0.2, -0.15) is 0 Å². The Labute approximate surface area is 98.8 Å². The summed E-state index contributed by atoms with van der Waals surface area (Å²) in [6.45, 7) is 10.2. The Hall–Kier alpha value is -0.790. The summed E-state index contributed by atoms with van der Waals surface area (Å²) in [7, 11) is 0. The molecular weight excluding hydrogens is 206 g/mol. The van der Waals surface area contributed by atoms with Crippen LogP contribution in [-0.4, -0.2) is 0 Å². The third-order valence-corrected chi connectivity index (χ3v) is 2.61. The van der Waals surface area contributed by atoms with Crippen molar-refractivity contribution in [1.29, 1.82) is 0 Å². The molecule has 0 aliphatic heterocycles. The number of aryl methyl sites for hydroxylation is 1. The van der Waals surface area contributed by atoms with Gasteiger partial charge in [-0.3, -0.25) is 0 Å². The van der Waals surface area contributed by atoms with Crippen LogP contribution in [0.5, 0.6) is 0 Å². The second-order valence-corrected chi connectivity index (χ2v) is 4.06. The highest BCUT2D eigenvalue weighted by molar-refractivity contribution is 5.85. The van der Waals surface area contributed by atoms with Crippen LogP contribution in [0.3, 0.4) is 0 Å². The molecule has 0 bridgehead atoms. The van der Waals surface area contributed by atoms with Gasteiger partial charge >= 0.3 is 0 Å². The maximum atomic E-state index is 6.10. The summed E-state index contributed by atoms with van der Waals surface area (Å²) in [4.78, 5) is 0. The minimum absolute atomic E-state index is 0. The van der Waals surface area contributed by atoms with Crippen molar-refractivity contribution in [3.8, 4) is 0 Å². The molecule has 0 aliphatic rings. The summed E-state index contributed by atoms with van der Waals surface area (Å²) in [5, 5.41) is 0. The molecule has 1 aromatic carbocycles. The van der Waals surface area contributed by atoms with Crippen LogP contribution in [0.15, 0.2) is 30.4 Å². The summed E-state index contributed by atoms with van der Waals surface area (Å²) >= 11 is 0. The van der Waals surface area contributed by atoms with Gasteiger partial charge in [-0.1, -0.05) is 23.8 Å². The van der Waals surface area contributed by atoms with Gasteiger partial charge in [0.05, 0.1) is 0 Å². The van der Waals surface area contributed by atoms with E-state index in [4.69, 9.17) is 5.73 Å². The fraction of sp³-hybridized carbons (Fsp3) is 0.385. The number of halogens is 1. The SMILES string of the molecule is C=C(C)C[C@H](N)c1cccc(C)c1C.Cl. The summed E-state index contributed by atoms with van der Waals surface area (Å²) in [5.41, 5.74) is 11.1. The maximum absolute atomic E-state index is 6.10. The molecule has 15 heavy (non-hydrogen) atoms. The van der Waals surface area contributed by atoms with Crippen molar-refractivity contribution in [2.45, 2.75) is 33.2 Å². The Morgan fingerprint density at radius 2 is 2.00 bits per heavy atom. The van der Waals surface area contributed by atoms with E-state index in [0.29, 0.717) is 0 Å². The Kier molecular flexibility index (Phi) is 5.63. The van der Waals surface area contributed by atoms with E-state index in [9.17, 15) is 0 Å². The van der Waals surface area contributed by atoms with Crippen LogP contribution in [0.2, 0.25) is 0 Å². The first-order valence-electron chi connectivity index (χ1n) is 4.98. The van der Waals surface area contributed by atoms with Gasteiger partial charge < -0.3 is 5.73 Å². The zero-order valence-electron chi connectivity index (χ0n) is 9.71. The first-order valence-corrected chi connectivity index (χ1v) is 4.98. The number of hydrogen-bond donors (Lipinski definition) is 1. The molecule has 0 amide bonds. The Balaban J connectivity index is 0.00000196. The molecule has 1 nitrogen and oxygen atoms in total. The molecule has 0 aromatic heterocycles. The van der Waals surface area contributed by atoms with E-state index in [1.165, 1.54) is 16.7 Å². The first kappa shape index (κ1) is 14.2. The van der Waals surface area contributed by atoms with Crippen molar-refractivity contribution < 1.29 is 0 Å². The van der Waals surface area contributed by atoms with Gasteiger partial charge in [-0.15, -0.1) is 19.0 Å². The fourth-order valence-electron chi connectivity index (χ4n) is 1.66. The van der Waals surface area contributed by atoms with Crippen LogP contribution in [0.4, 0.5) is 0 Å². The number of rotatable bonds is 3. The topological polar surface area (TPSA) is 26.0 Å². The van der Waals surface area contributed by atoms with Crippen LogP contribution in [-0.2, 0) is 0 Å². The van der Waals surface area contributed by atoms with Gasteiger partial charge in [0.1, 0.15) is 0 Å². The quantitative estimate of drug-likeness (QED) is 0.781. The van der Waals surface area contributed by atoms with Crippen molar-refractivity contribution in [3.63, 3.8) is 0 Å². The summed E-state index contributed by atoms with van der Waals surface area (Å²) < 4.78 is 0. The lowest BCUT2D eigenvalue weighted by Gasteiger charge is -2.16. The monoisotopic (exact) mass is 225 g/mol.